The Morgan fingerprint density at radius 1 is 1.41 bits per heavy atom. The smallest absolute Gasteiger partial charge is 0.234 e. The predicted molar refractivity (Wildman–Crippen MR) is 90.6 cm³/mol. The lowest BCUT2D eigenvalue weighted by Gasteiger charge is -2.07. The van der Waals surface area contributed by atoms with E-state index < -0.39 is 0 Å². The standard InChI is InChI=1S/C15H19ClN4OS/c1-9(2)14-18-19-15(20(14)4)22-8-13(21)17-11-6-5-10(3)12(16)7-11/h5-7,9H,8H2,1-4H3,(H,17,21). The summed E-state index contributed by atoms with van der Waals surface area (Å²) in [5, 5.41) is 12.5. The number of hydrogen-bond donors (Lipinski definition) is 1. The molecule has 2 rings (SSSR count). The topological polar surface area (TPSA) is 59.8 Å². The van der Waals surface area contributed by atoms with E-state index in [0.717, 1.165) is 16.5 Å². The third-order valence-corrected chi connectivity index (χ3v) is 4.60. The Bertz CT molecular complexity index is 684. The van der Waals surface area contributed by atoms with E-state index in [-0.39, 0.29) is 11.7 Å². The van der Waals surface area contributed by atoms with Crippen LogP contribution in [0.2, 0.25) is 5.02 Å². The summed E-state index contributed by atoms with van der Waals surface area (Å²) in [4.78, 5) is 12.0. The van der Waals surface area contributed by atoms with Crippen molar-refractivity contribution in [2.75, 3.05) is 11.1 Å². The second-order valence-electron chi connectivity index (χ2n) is 5.36. The van der Waals surface area contributed by atoms with Crippen LogP contribution in [0.15, 0.2) is 23.4 Å². The molecule has 0 radical (unpaired) electrons. The zero-order valence-corrected chi connectivity index (χ0v) is 14.6. The van der Waals surface area contributed by atoms with Gasteiger partial charge in [-0.3, -0.25) is 4.79 Å². The van der Waals surface area contributed by atoms with Crippen LogP contribution in [0.4, 0.5) is 5.69 Å². The molecule has 22 heavy (non-hydrogen) atoms. The Morgan fingerprint density at radius 3 is 2.73 bits per heavy atom. The van der Waals surface area contributed by atoms with Crippen LogP contribution in [-0.4, -0.2) is 26.4 Å². The molecule has 1 heterocycles. The molecule has 2 aromatic rings. The largest absolute Gasteiger partial charge is 0.325 e. The highest BCUT2D eigenvalue weighted by Crippen LogP contribution is 2.22. The van der Waals surface area contributed by atoms with Gasteiger partial charge in [0.25, 0.3) is 0 Å². The summed E-state index contributed by atoms with van der Waals surface area (Å²) in [7, 11) is 1.91. The molecule has 0 bridgehead atoms. The zero-order valence-electron chi connectivity index (χ0n) is 13.1. The third-order valence-electron chi connectivity index (χ3n) is 3.17. The van der Waals surface area contributed by atoms with E-state index in [1.165, 1.54) is 11.8 Å². The average molecular weight is 339 g/mol. The van der Waals surface area contributed by atoms with E-state index in [2.05, 4.69) is 29.4 Å². The molecule has 0 saturated heterocycles. The molecule has 0 unspecified atom stereocenters. The third kappa shape index (κ3) is 4.01. The van der Waals surface area contributed by atoms with Crippen LogP contribution < -0.4 is 5.32 Å². The fraction of sp³-hybridized carbons (Fsp3) is 0.400. The molecule has 7 heteroatoms. The summed E-state index contributed by atoms with van der Waals surface area (Å²) in [6.45, 7) is 6.04. The number of halogens is 1. The molecule has 1 aromatic heterocycles. The zero-order chi connectivity index (χ0) is 16.3. The maximum Gasteiger partial charge on any atom is 0.234 e. The summed E-state index contributed by atoms with van der Waals surface area (Å²) in [5.74, 6) is 1.39. The summed E-state index contributed by atoms with van der Waals surface area (Å²) in [5.41, 5.74) is 1.68. The van der Waals surface area contributed by atoms with Crippen molar-refractivity contribution in [1.82, 2.24) is 14.8 Å². The van der Waals surface area contributed by atoms with E-state index in [9.17, 15) is 4.79 Å². The number of benzene rings is 1. The molecule has 0 aliphatic carbocycles. The fourth-order valence-electron chi connectivity index (χ4n) is 1.95. The molecule has 0 atom stereocenters. The van der Waals surface area contributed by atoms with E-state index in [0.29, 0.717) is 16.6 Å². The van der Waals surface area contributed by atoms with Gasteiger partial charge in [-0.25, -0.2) is 0 Å². The van der Waals surface area contributed by atoms with Crippen LogP contribution in [-0.2, 0) is 11.8 Å². The Labute approximate surface area is 139 Å². The van der Waals surface area contributed by atoms with Crippen LogP contribution in [0.5, 0.6) is 0 Å². The lowest BCUT2D eigenvalue weighted by molar-refractivity contribution is -0.113. The van der Waals surface area contributed by atoms with Crippen molar-refractivity contribution in [2.24, 2.45) is 7.05 Å². The molecule has 1 aromatic carbocycles. The number of nitrogens with zero attached hydrogens (tertiary/aromatic N) is 3. The van der Waals surface area contributed by atoms with Gasteiger partial charge < -0.3 is 9.88 Å². The molecule has 0 aliphatic heterocycles. The summed E-state index contributed by atoms with van der Waals surface area (Å²) >= 11 is 7.41. The first-order chi connectivity index (χ1) is 10.4. The van der Waals surface area contributed by atoms with Crippen molar-refractivity contribution in [3.63, 3.8) is 0 Å². The van der Waals surface area contributed by atoms with Crippen LogP contribution >= 0.6 is 23.4 Å². The van der Waals surface area contributed by atoms with Gasteiger partial charge in [-0.1, -0.05) is 43.3 Å². The first kappa shape index (κ1) is 16.8. The van der Waals surface area contributed by atoms with Gasteiger partial charge >= 0.3 is 0 Å². The maximum absolute atomic E-state index is 12.0. The van der Waals surface area contributed by atoms with Gasteiger partial charge in [0.05, 0.1) is 5.75 Å². The second kappa shape index (κ2) is 7.15. The molecule has 0 fully saturated rings. The molecular formula is C15H19ClN4OS. The van der Waals surface area contributed by atoms with Crippen LogP contribution in [0, 0.1) is 6.92 Å². The Kier molecular flexibility index (Phi) is 5.47. The predicted octanol–water partition coefficient (Wildman–Crippen LogP) is 3.63. The quantitative estimate of drug-likeness (QED) is 0.846. The first-order valence-corrected chi connectivity index (χ1v) is 8.33. The van der Waals surface area contributed by atoms with Crippen LogP contribution in [0.3, 0.4) is 0 Å². The molecular weight excluding hydrogens is 320 g/mol. The van der Waals surface area contributed by atoms with Gasteiger partial charge in [-0.2, -0.15) is 0 Å². The normalized spacial score (nSPS) is 11.0. The van der Waals surface area contributed by atoms with Crippen molar-refractivity contribution >= 4 is 35.0 Å². The number of thioether (sulfide) groups is 1. The number of anilines is 1. The number of carbonyl (C=O) groups is 1. The Hall–Kier alpha value is -1.53. The molecule has 1 N–H and O–H groups in total. The first-order valence-electron chi connectivity index (χ1n) is 6.96. The van der Waals surface area contributed by atoms with E-state index in [4.69, 9.17) is 11.6 Å². The minimum Gasteiger partial charge on any atom is -0.325 e. The second-order valence-corrected chi connectivity index (χ2v) is 6.71. The molecule has 0 spiro atoms. The Morgan fingerprint density at radius 2 is 2.14 bits per heavy atom. The lowest BCUT2D eigenvalue weighted by atomic mass is 10.2. The van der Waals surface area contributed by atoms with Gasteiger partial charge in [0.15, 0.2) is 5.16 Å². The molecule has 0 aliphatic rings. The lowest BCUT2D eigenvalue weighted by Crippen LogP contribution is -2.14. The van der Waals surface area contributed by atoms with Crippen LogP contribution in [0.1, 0.15) is 31.2 Å². The number of rotatable bonds is 5. The Balaban J connectivity index is 1.94. The number of aromatic nitrogens is 3. The van der Waals surface area contributed by atoms with Gasteiger partial charge in [0, 0.05) is 23.7 Å². The molecule has 118 valence electrons. The highest BCUT2D eigenvalue weighted by Gasteiger charge is 2.13. The van der Waals surface area contributed by atoms with Crippen molar-refractivity contribution in [3.05, 3.63) is 34.6 Å². The van der Waals surface area contributed by atoms with Gasteiger partial charge in [0.1, 0.15) is 5.82 Å². The van der Waals surface area contributed by atoms with Gasteiger partial charge in [0.2, 0.25) is 5.91 Å². The van der Waals surface area contributed by atoms with Crippen molar-refractivity contribution in [1.29, 1.82) is 0 Å². The maximum atomic E-state index is 12.0. The number of amides is 1. The average Bonchev–Trinajstić information content (AvgIpc) is 2.82. The summed E-state index contributed by atoms with van der Waals surface area (Å²) in [6, 6.07) is 5.46. The minimum atomic E-state index is -0.0981. The van der Waals surface area contributed by atoms with Crippen molar-refractivity contribution in [2.45, 2.75) is 31.8 Å². The summed E-state index contributed by atoms with van der Waals surface area (Å²) in [6.07, 6.45) is 0. The minimum absolute atomic E-state index is 0.0981. The molecule has 1 amide bonds. The monoisotopic (exact) mass is 338 g/mol. The van der Waals surface area contributed by atoms with Crippen LogP contribution in [0.25, 0.3) is 0 Å². The highest BCUT2D eigenvalue weighted by atomic mass is 35.5. The number of carbonyl (C=O) groups excluding carboxylic acids is 1. The van der Waals surface area contributed by atoms with E-state index in [1.54, 1.807) is 6.07 Å². The van der Waals surface area contributed by atoms with Gasteiger partial charge in [-0.15, -0.1) is 10.2 Å². The van der Waals surface area contributed by atoms with E-state index >= 15 is 0 Å². The van der Waals surface area contributed by atoms with E-state index in [1.807, 2.05) is 30.7 Å². The SMILES string of the molecule is Cc1ccc(NC(=O)CSc2nnc(C(C)C)n2C)cc1Cl. The number of nitrogens with one attached hydrogen (secondary N) is 1. The molecule has 5 nitrogen and oxygen atoms in total. The summed E-state index contributed by atoms with van der Waals surface area (Å²) < 4.78 is 1.92. The highest BCUT2D eigenvalue weighted by molar-refractivity contribution is 7.99. The van der Waals surface area contributed by atoms with Gasteiger partial charge in [-0.05, 0) is 24.6 Å². The van der Waals surface area contributed by atoms with Crippen molar-refractivity contribution < 1.29 is 4.79 Å². The van der Waals surface area contributed by atoms with Crippen molar-refractivity contribution in [3.8, 4) is 0 Å². The fourth-order valence-corrected chi connectivity index (χ4v) is 2.85. The number of aryl methyl sites for hydroxylation is 1. The molecule has 0 saturated carbocycles. The number of hydrogen-bond acceptors (Lipinski definition) is 4.